The van der Waals surface area contributed by atoms with E-state index < -0.39 is 18.1 Å². The predicted molar refractivity (Wildman–Crippen MR) is 39.3 cm³/mol. The van der Waals surface area contributed by atoms with Gasteiger partial charge >= 0.3 is 6.18 Å². The normalized spacial score (nSPS) is 38.2. The molecular weight excluding hydrogens is 169 g/mol. The highest BCUT2D eigenvalue weighted by Gasteiger charge is 2.43. The van der Waals surface area contributed by atoms with Crippen molar-refractivity contribution in [3.8, 4) is 0 Å². The molecule has 1 rings (SSSR count). The van der Waals surface area contributed by atoms with Crippen molar-refractivity contribution in [3.63, 3.8) is 0 Å². The maximum atomic E-state index is 12.1. The van der Waals surface area contributed by atoms with E-state index in [9.17, 15) is 13.2 Å². The molecule has 5 heteroatoms. The summed E-state index contributed by atoms with van der Waals surface area (Å²) in [4.78, 5) is 0. The van der Waals surface area contributed by atoms with Crippen molar-refractivity contribution in [2.24, 2.45) is 17.4 Å². The van der Waals surface area contributed by atoms with Crippen LogP contribution in [0.5, 0.6) is 0 Å². The summed E-state index contributed by atoms with van der Waals surface area (Å²) in [7, 11) is 0. The van der Waals surface area contributed by atoms with E-state index in [1.165, 1.54) is 0 Å². The van der Waals surface area contributed by atoms with Gasteiger partial charge in [0.25, 0.3) is 0 Å². The Bertz CT molecular complexity index is 157. The molecule has 0 aliphatic heterocycles. The molecular formula is C7H13F3N2. The highest BCUT2D eigenvalue weighted by molar-refractivity contribution is 4.87. The number of alkyl halides is 3. The molecule has 1 aliphatic rings. The van der Waals surface area contributed by atoms with Gasteiger partial charge in [-0.2, -0.15) is 13.2 Å². The SMILES string of the molecule is NC1CCC(C(F)(F)F)CC1N. The van der Waals surface area contributed by atoms with Gasteiger partial charge < -0.3 is 11.5 Å². The summed E-state index contributed by atoms with van der Waals surface area (Å²) >= 11 is 0. The Labute approximate surface area is 69.1 Å². The van der Waals surface area contributed by atoms with Crippen molar-refractivity contribution in [2.75, 3.05) is 0 Å². The topological polar surface area (TPSA) is 52.0 Å². The zero-order chi connectivity index (χ0) is 9.35. The summed E-state index contributed by atoms with van der Waals surface area (Å²) in [6.45, 7) is 0. The Morgan fingerprint density at radius 3 is 2.00 bits per heavy atom. The maximum absolute atomic E-state index is 12.1. The second kappa shape index (κ2) is 3.22. The Balaban J connectivity index is 2.51. The lowest BCUT2D eigenvalue weighted by Crippen LogP contribution is -2.48. The minimum atomic E-state index is -4.10. The summed E-state index contributed by atoms with van der Waals surface area (Å²) in [5, 5.41) is 0. The van der Waals surface area contributed by atoms with Crippen molar-refractivity contribution in [3.05, 3.63) is 0 Å². The third-order valence-electron chi connectivity index (χ3n) is 2.42. The third-order valence-corrected chi connectivity index (χ3v) is 2.42. The number of rotatable bonds is 0. The lowest BCUT2D eigenvalue weighted by molar-refractivity contribution is -0.183. The molecule has 72 valence electrons. The summed E-state index contributed by atoms with van der Waals surface area (Å²) in [5.41, 5.74) is 10.9. The molecule has 0 heterocycles. The van der Waals surface area contributed by atoms with Crippen LogP contribution in [-0.4, -0.2) is 18.3 Å². The molecule has 3 atom stereocenters. The van der Waals surface area contributed by atoms with Crippen LogP contribution in [0.2, 0.25) is 0 Å². The first-order valence-electron chi connectivity index (χ1n) is 3.99. The second-order valence-corrected chi connectivity index (χ2v) is 3.38. The number of nitrogens with two attached hydrogens (primary N) is 2. The van der Waals surface area contributed by atoms with E-state index in [0.29, 0.717) is 6.42 Å². The molecule has 0 aromatic heterocycles. The lowest BCUT2D eigenvalue weighted by atomic mass is 9.83. The average Bonchev–Trinajstić information content (AvgIpc) is 1.92. The maximum Gasteiger partial charge on any atom is 0.391 e. The van der Waals surface area contributed by atoms with Gasteiger partial charge in [-0.1, -0.05) is 0 Å². The Kier molecular flexibility index (Phi) is 2.63. The van der Waals surface area contributed by atoms with E-state index in [4.69, 9.17) is 11.5 Å². The van der Waals surface area contributed by atoms with Gasteiger partial charge in [0, 0.05) is 12.1 Å². The van der Waals surface area contributed by atoms with Crippen LogP contribution in [0.25, 0.3) is 0 Å². The molecule has 0 bridgehead atoms. The minimum absolute atomic E-state index is 0.0231. The van der Waals surface area contributed by atoms with E-state index in [0.717, 1.165) is 0 Å². The molecule has 1 saturated carbocycles. The van der Waals surface area contributed by atoms with Gasteiger partial charge in [0.15, 0.2) is 0 Å². The average molecular weight is 182 g/mol. The molecule has 12 heavy (non-hydrogen) atoms. The quantitative estimate of drug-likeness (QED) is 0.587. The highest BCUT2D eigenvalue weighted by atomic mass is 19.4. The van der Waals surface area contributed by atoms with Gasteiger partial charge in [-0.25, -0.2) is 0 Å². The van der Waals surface area contributed by atoms with Crippen LogP contribution >= 0.6 is 0 Å². The fourth-order valence-electron chi connectivity index (χ4n) is 1.53. The second-order valence-electron chi connectivity index (χ2n) is 3.38. The molecule has 1 fully saturated rings. The van der Waals surface area contributed by atoms with Crippen molar-refractivity contribution < 1.29 is 13.2 Å². The number of hydrogen-bond donors (Lipinski definition) is 2. The monoisotopic (exact) mass is 182 g/mol. The highest BCUT2D eigenvalue weighted by Crippen LogP contribution is 2.36. The van der Waals surface area contributed by atoms with E-state index in [2.05, 4.69) is 0 Å². The summed E-state index contributed by atoms with van der Waals surface area (Å²) in [6, 6.07) is -0.756. The van der Waals surface area contributed by atoms with Crippen molar-refractivity contribution in [1.29, 1.82) is 0 Å². The Morgan fingerprint density at radius 2 is 1.58 bits per heavy atom. The molecule has 0 amide bonds. The summed E-state index contributed by atoms with van der Waals surface area (Å²) in [5.74, 6) is -1.24. The lowest BCUT2D eigenvalue weighted by Gasteiger charge is -2.32. The van der Waals surface area contributed by atoms with E-state index >= 15 is 0 Å². The fourth-order valence-corrected chi connectivity index (χ4v) is 1.53. The van der Waals surface area contributed by atoms with E-state index in [1.54, 1.807) is 0 Å². The van der Waals surface area contributed by atoms with Gasteiger partial charge in [0.2, 0.25) is 0 Å². The molecule has 0 aromatic carbocycles. The van der Waals surface area contributed by atoms with E-state index in [1.807, 2.05) is 0 Å². The molecule has 1 aliphatic carbocycles. The van der Waals surface area contributed by atoms with Gasteiger partial charge in [-0.3, -0.25) is 0 Å². The smallest absolute Gasteiger partial charge is 0.326 e. The van der Waals surface area contributed by atoms with Crippen LogP contribution in [0, 0.1) is 5.92 Å². The largest absolute Gasteiger partial charge is 0.391 e. The Hall–Kier alpha value is -0.290. The Morgan fingerprint density at radius 1 is 1.00 bits per heavy atom. The van der Waals surface area contributed by atoms with Crippen LogP contribution in [0.4, 0.5) is 13.2 Å². The molecule has 0 radical (unpaired) electrons. The molecule has 3 unspecified atom stereocenters. The molecule has 0 spiro atoms. The molecule has 0 aromatic rings. The first-order valence-corrected chi connectivity index (χ1v) is 3.99. The van der Waals surface area contributed by atoms with E-state index in [-0.39, 0.29) is 18.9 Å². The van der Waals surface area contributed by atoms with Crippen LogP contribution < -0.4 is 11.5 Å². The van der Waals surface area contributed by atoms with Crippen molar-refractivity contribution in [1.82, 2.24) is 0 Å². The van der Waals surface area contributed by atoms with Crippen LogP contribution in [0.1, 0.15) is 19.3 Å². The number of halogens is 3. The van der Waals surface area contributed by atoms with Gasteiger partial charge in [-0.05, 0) is 19.3 Å². The minimum Gasteiger partial charge on any atom is -0.326 e. The summed E-state index contributed by atoms with van der Waals surface area (Å²) in [6.07, 6.45) is -3.62. The van der Waals surface area contributed by atoms with Crippen LogP contribution in [0.3, 0.4) is 0 Å². The zero-order valence-corrected chi connectivity index (χ0v) is 6.64. The first-order chi connectivity index (χ1) is 5.41. The number of hydrogen-bond acceptors (Lipinski definition) is 2. The van der Waals surface area contributed by atoms with Crippen molar-refractivity contribution >= 4 is 0 Å². The predicted octanol–water partition coefficient (Wildman–Crippen LogP) is 1.00. The standard InChI is InChI=1S/C7H13F3N2/c8-7(9,10)4-1-2-5(11)6(12)3-4/h4-6H,1-3,11-12H2. The molecule has 2 nitrogen and oxygen atoms in total. The first kappa shape index (κ1) is 9.80. The van der Waals surface area contributed by atoms with Crippen molar-refractivity contribution in [2.45, 2.75) is 37.5 Å². The third kappa shape index (κ3) is 2.10. The fraction of sp³-hybridized carbons (Fsp3) is 1.00. The molecule has 0 saturated heterocycles. The van der Waals surface area contributed by atoms with Gasteiger partial charge in [0.05, 0.1) is 5.92 Å². The molecule has 4 N–H and O–H groups in total. The van der Waals surface area contributed by atoms with Crippen LogP contribution in [-0.2, 0) is 0 Å². The van der Waals surface area contributed by atoms with Gasteiger partial charge in [0.1, 0.15) is 0 Å². The zero-order valence-electron chi connectivity index (χ0n) is 6.64. The van der Waals surface area contributed by atoms with Gasteiger partial charge in [-0.15, -0.1) is 0 Å². The summed E-state index contributed by atoms with van der Waals surface area (Å²) < 4.78 is 36.4. The van der Waals surface area contributed by atoms with Crippen LogP contribution in [0.15, 0.2) is 0 Å².